The summed E-state index contributed by atoms with van der Waals surface area (Å²) >= 11 is 4.22. The van der Waals surface area contributed by atoms with E-state index in [9.17, 15) is 12.6 Å². The van der Waals surface area contributed by atoms with E-state index in [1.807, 2.05) is 0 Å². The van der Waals surface area contributed by atoms with Crippen LogP contribution < -0.4 is 0 Å². The Morgan fingerprint density at radius 1 is 0.923 bits per heavy atom. The van der Waals surface area contributed by atoms with E-state index in [4.69, 9.17) is 9.11 Å². The van der Waals surface area contributed by atoms with Crippen LogP contribution in [0.2, 0.25) is 0 Å². The highest BCUT2D eigenvalue weighted by molar-refractivity contribution is 8.29. The standard InChI is InChI=1S/C5H12O5S3/c6-12(7,8)4-2-1-3-5-13(9,10)11/h1-5H2,(H,6,7,8)(H,9,10,11). The highest BCUT2D eigenvalue weighted by atomic mass is 32.8. The molecule has 0 aliphatic heterocycles. The zero-order valence-corrected chi connectivity index (χ0v) is 9.33. The number of hydrogen-bond acceptors (Lipinski definition) is 4. The lowest BCUT2D eigenvalue weighted by molar-refractivity contribution is 0.480. The van der Waals surface area contributed by atoms with Crippen LogP contribution >= 0.6 is 0 Å². The molecule has 0 radical (unpaired) electrons. The van der Waals surface area contributed by atoms with Gasteiger partial charge >= 0.3 is 0 Å². The highest BCUT2D eigenvalue weighted by Crippen LogP contribution is 2.00. The van der Waals surface area contributed by atoms with Gasteiger partial charge in [0.25, 0.3) is 10.1 Å². The molecule has 0 aromatic carbocycles. The fourth-order valence-electron chi connectivity index (χ4n) is 0.746. The zero-order valence-electron chi connectivity index (χ0n) is 6.88. The predicted octanol–water partition coefficient (Wildman–Crippen LogP) is 0.264. The summed E-state index contributed by atoms with van der Waals surface area (Å²) in [7, 11) is -7.02. The van der Waals surface area contributed by atoms with E-state index in [2.05, 4.69) is 11.2 Å². The molecule has 0 aromatic heterocycles. The SMILES string of the molecule is O=S(=O)(O)CCCCCS(=O)(O)=S. The summed E-state index contributed by atoms with van der Waals surface area (Å²) in [5, 5.41) is 0. The van der Waals surface area contributed by atoms with Crippen LogP contribution in [-0.4, -0.2) is 33.2 Å². The minimum absolute atomic E-state index is 0.00614. The van der Waals surface area contributed by atoms with Gasteiger partial charge in [-0.05, 0) is 12.8 Å². The van der Waals surface area contributed by atoms with Gasteiger partial charge in [0.05, 0.1) is 5.75 Å². The summed E-state index contributed by atoms with van der Waals surface area (Å²) in [6.07, 6.45) is 1.14. The Labute approximate surface area is 82.8 Å². The van der Waals surface area contributed by atoms with Gasteiger partial charge in [0.1, 0.15) is 8.77 Å². The molecule has 0 heterocycles. The monoisotopic (exact) mass is 248 g/mol. The first-order chi connectivity index (χ1) is 5.71. The van der Waals surface area contributed by atoms with Crippen LogP contribution in [0.25, 0.3) is 0 Å². The molecule has 0 aromatic rings. The third kappa shape index (κ3) is 12.2. The maximum absolute atomic E-state index is 10.5. The Morgan fingerprint density at radius 3 is 1.77 bits per heavy atom. The summed E-state index contributed by atoms with van der Waals surface area (Å²) in [4.78, 5) is 0. The van der Waals surface area contributed by atoms with E-state index in [0.717, 1.165) is 0 Å². The van der Waals surface area contributed by atoms with Gasteiger partial charge in [0.2, 0.25) is 0 Å². The van der Waals surface area contributed by atoms with E-state index < -0.39 is 18.9 Å². The molecule has 0 aliphatic rings. The van der Waals surface area contributed by atoms with Crippen molar-refractivity contribution in [2.24, 2.45) is 0 Å². The van der Waals surface area contributed by atoms with Gasteiger partial charge in [0, 0.05) is 16.9 Å². The quantitative estimate of drug-likeness (QED) is 0.517. The first-order valence-corrected chi connectivity index (χ1v) is 7.83. The minimum atomic E-state index is -3.90. The van der Waals surface area contributed by atoms with Crippen LogP contribution in [0.5, 0.6) is 0 Å². The minimum Gasteiger partial charge on any atom is -0.306 e. The molecule has 0 saturated carbocycles. The first kappa shape index (κ1) is 13.2. The van der Waals surface area contributed by atoms with E-state index in [1.54, 1.807) is 0 Å². The number of hydrogen-bond donors (Lipinski definition) is 2. The molecule has 13 heavy (non-hydrogen) atoms. The first-order valence-electron chi connectivity index (χ1n) is 3.61. The molecule has 0 saturated heterocycles. The van der Waals surface area contributed by atoms with E-state index in [1.165, 1.54) is 0 Å². The van der Waals surface area contributed by atoms with Gasteiger partial charge in [-0.1, -0.05) is 6.42 Å². The summed E-state index contributed by atoms with van der Waals surface area (Å²) in [6, 6.07) is 0. The van der Waals surface area contributed by atoms with Crippen molar-refractivity contribution in [1.82, 2.24) is 0 Å². The summed E-state index contributed by atoms with van der Waals surface area (Å²) in [5.74, 6) is -0.315. The third-order valence-corrected chi connectivity index (χ3v) is 3.41. The van der Waals surface area contributed by atoms with Crippen LogP contribution in [0.15, 0.2) is 0 Å². The molecule has 0 bridgehead atoms. The zero-order chi connectivity index (χ0) is 10.5. The second-order valence-corrected chi connectivity index (χ2v) is 7.34. The molecule has 2 N–H and O–H groups in total. The number of rotatable bonds is 6. The van der Waals surface area contributed by atoms with Crippen molar-refractivity contribution in [3.8, 4) is 0 Å². The summed E-state index contributed by atoms with van der Waals surface area (Å²) in [5.41, 5.74) is 0. The van der Waals surface area contributed by atoms with Crippen molar-refractivity contribution in [3.63, 3.8) is 0 Å². The Kier molecular flexibility index (Phi) is 5.30. The van der Waals surface area contributed by atoms with Crippen molar-refractivity contribution >= 4 is 30.1 Å². The second-order valence-electron chi connectivity index (χ2n) is 2.63. The lowest BCUT2D eigenvalue weighted by atomic mass is 10.3. The molecule has 0 amide bonds. The van der Waals surface area contributed by atoms with Crippen molar-refractivity contribution in [2.75, 3.05) is 11.5 Å². The third-order valence-electron chi connectivity index (χ3n) is 1.30. The van der Waals surface area contributed by atoms with Gasteiger partial charge in [0.15, 0.2) is 0 Å². The van der Waals surface area contributed by atoms with E-state index in [0.29, 0.717) is 12.8 Å². The van der Waals surface area contributed by atoms with Crippen LogP contribution in [0, 0.1) is 0 Å². The Morgan fingerprint density at radius 2 is 1.38 bits per heavy atom. The van der Waals surface area contributed by atoms with Crippen molar-refractivity contribution in [1.29, 1.82) is 0 Å². The smallest absolute Gasteiger partial charge is 0.264 e. The molecule has 1 unspecified atom stereocenters. The Hall–Kier alpha value is 0.240. The highest BCUT2D eigenvalue weighted by Gasteiger charge is 2.04. The normalized spacial score (nSPS) is 16.8. The molecule has 1 atom stereocenters. The number of unbranched alkanes of at least 4 members (excludes halogenated alkanes) is 2. The van der Waals surface area contributed by atoms with Gasteiger partial charge in [-0.3, -0.25) is 4.55 Å². The lowest BCUT2D eigenvalue weighted by Crippen LogP contribution is -2.05. The van der Waals surface area contributed by atoms with Gasteiger partial charge in [-0.15, -0.1) is 0 Å². The molecule has 0 rings (SSSR count). The van der Waals surface area contributed by atoms with Crippen LogP contribution in [0.3, 0.4) is 0 Å². The molecule has 0 spiro atoms. The van der Waals surface area contributed by atoms with Crippen molar-refractivity contribution in [2.45, 2.75) is 19.3 Å². The second kappa shape index (κ2) is 5.20. The average Bonchev–Trinajstić information content (AvgIpc) is 1.81. The summed E-state index contributed by atoms with van der Waals surface area (Å²) < 4.78 is 48.0. The van der Waals surface area contributed by atoms with E-state index >= 15 is 0 Å². The maximum atomic E-state index is 10.5. The topological polar surface area (TPSA) is 91.7 Å². The largest absolute Gasteiger partial charge is 0.306 e. The lowest BCUT2D eigenvalue weighted by Gasteiger charge is -1.99. The molecule has 5 nitrogen and oxygen atoms in total. The van der Waals surface area contributed by atoms with E-state index in [-0.39, 0.29) is 17.9 Å². The molecular weight excluding hydrogens is 236 g/mol. The van der Waals surface area contributed by atoms with Crippen molar-refractivity contribution in [3.05, 3.63) is 0 Å². The summed E-state index contributed by atoms with van der Waals surface area (Å²) in [6.45, 7) is 0. The average molecular weight is 248 g/mol. The molecular formula is C5H12O5S3. The van der Waals surface area contributed by atoms with Crippen LogP contribution in [-0.2, 0) is 30.1 Å². The van der Waals surface area contributed by atoms with Gasteiger partial charge in [-0.25, -0.2) is 4.21 Å². The molecule has 8 heteroatoms. The molecule has 80 valence electrons. The fourth-order valence-corrected chi connectivity index (χ4v) is 2.24. The molecule has 0 aliphatic carbocycles. The van der Waals surface area contributed by atoms with Gasteiger partial charge in [-0.2, -0.15) is 8.42 Å². The predicted molar refractivity (Wildman–Crippen MR) is 53.3 cm³/mol. The maximum Gasteiger partial charge on any atom is 0.264 e. The Bertz CT molecular complexity index is 293. The van der Waals surface area contributed by atoms with Crippen molar-refractivity contribution < 1.29 is 21.7 Å². The van der Waals surface area contributed by atoms with Gasteiger partial charge < -0.3 is 4.55 Å². The van der Waals surface area contributed by atoms with Crippen LogP contribution in [0.4, 0.5) is 0 Å². The Balaban J connectivity index is 3.50. The van der Waals surface area contributed by atoms with Crippen LogP contribution in [0.1, 0.15) is 19.3 Å². The molecule has 0 fully saturated rings. The fraction of sp³-hybridized carbons (Fsp3) is 1.00.